The Labute approximate surface area is 102 Å². The van der Waals surface area contributed by atoms with Crippen LogP contribution in [0.3, 0.4) is 0 Å². The Morgan fingerprint density at radius 3 is 2.83 bits per heavy atom. The van der Waals surface area contributed by atoms with E-state index in [9.17, 15) is 14.9 Å². The summed E-state index contributed by atoms with van der Waals surface area (Å²) < 4.78 is 0. The van der Waals surface area contributed by atoms with E-state index in [2.05, 4.69) is 4.99 Å². The number of hydrogen-bond acceptors (Lipinski definition) is 3. The number of amides is 1. The third-order valence-electron chi connectivity index (χ3n) is 3.04. The average molecular weight is 240 g/mol. The number of fused-ring (bicyclic) bond motifs is 3. The molecule has 0 saturated heterocycles. The van der Waals surface area contributed by atoms with E-state index in [1.165, 1.54) is 12.2 Å². The highest BCUT2D eigenvalue weighted by Gasteiger charge is 2.30. The molecule has 18 heavy (non-hydrogen) atoms. The van der Waals surface area contributed by atoms with Crippen LogP contribution >= 0.6 is 0 Å². The van der Waals surface area contributed by atoms with Gasteiger partial charge in [-0.15, -0.1) is 0 Å². The van der Waals surface area contributed by atoms with E-state index in [1.54, 1.807) is 18.2 Å². The number of nitro groups is 1. The number of nitrogens with zero attached hydrogens (tertiary/aromatic N) is 2. The molecule has 1 amide bonds. The summed E-state index contributed by atoms with van der Waals surface area (Å²) in [6, 6.07) is 7.19. The molecule has 1 aromatic carbocycles. The lowest BCUT2D eigenvalue weighted by molar-refractivity contribution is -0.418. The zero-order valence-electron chi connectivity index (χ0n) is 9.24. The quantitative estimate of drug-likeness (QED) is 0.557. The van der Waals surface area contributed by atoms with Crippen LogP contribution in [0.25, 0.3) is 0 Å². The predicted octanol–water partition coefficient (Wildman–Crippen LogP) is 2.10. The van der Waals surface area contributed by atoms with Crippen molar-refractivity contribution in [2.75, 3.05) is 0 Å². The molecule has 1 unspecified atom stereocenters. The number of allylic oxidation sites excluding steroid dienone is 3. The first-order valence-corrected chi connectivity index (χ1v) is 5.43. The summed E-state index contributed by atoms with van der Waals surface area (Å²) in [5.74, 6) is -0.506. The van der Waals surface area contributed by atoms with Crippen molar-refractivity contribution in [1.82, 2.24) is 0 Å². The highest BCUT2D eigenvalue weighted by Crippen LogP contribution is 2.31. The minimum absolute atomic E-state index is 0.0443. The van der Waals surface area contributed by atoms with E-state index >= 15 is 0 Å². The van der Waals surface area contributed by atoms with Crippen LogP contribution in [0.4, 0.5) is 0 Å². The van der Waals surface area contributed by atoms with Gasteiger partial charge in [0.1, 0.15) is 0 Å². The van der Waals surface area contributed by atoms with Gasteiger partial charge in [-0.3, -0.25) is 14.9 Å². The van der Waals surface area contributed by atoms with Gasteiger partial charge >= 0.3 is 0 Å². The number of benzene rings is 1. The minimum atomic E-state index is -0.486. The second kappa shape index (κ2) is 3.73. The summed E-state index contributed by atoms with van der Waals surface area (Å²) in [5.41, 5.74) is 1.81. The maximum Gasteiger partial charge on any atom is 0.277 e. The summed E-state index contributed by atoms with van der Waals surface area (Å²) >= 11 is 0. The molecule has 0 spiro atoms. The maximum absolute atomic E-state index is 11.8. The van der Waals surface area contributed by atoms with E-state index in [4.69, 9.17) is 0 Å². The van der Waals surface area contributed by atoms with Gasteiger partial charge in [0.05, 0.1) is 10.6 Å². The van der Waals surface area contributed by atoms with Crippen LogP contribution < -0.4 is 0 Å². The van der Waals surface area contributed by atoms with E-state index < -0.39 is 4.92 Å². The monoisotopic (exact) mass is 240 g/mol. The van der Waals surface area contributed by atoms with E-state index in [1.807, 2.05) is 12.1 Å². The van der Waals surface area contributed by atoms with Crippen molar-refractivity contribution in [1.29, 1.82) is 0 Å². The van der Waals surface area contributed by atoms with Gasteiger partial charge in [0, 0.05) is 23.6 Å². The van der Waals surface area contributed by atoms with Crippen molar-refractivity contribution in [2.24, 2.45) is 4.99 Å². The molecule has 1 heterocycles. The number of aliphatic imine (C=N–C) groups is 1. The van der Waals surface area contributed by atoms with Crippen LogP contribution in [0.2, 0.25) is 0 Å². The summed E-state index contributed by atoms with van der Waals surface area (Å²) in [6.45, 7) is 0. The van der Waals surface area contributed by atoms with E-state index in [0.717, 1.165) is 5.56 Å². The van der Waals surface area contributed by atoms with Crippen LogP contribution in [-0.2, 0) is 0 Å². The molecule has 1 aliphatic carbocycles. The largest absolute Gasteiger partial charge is 0.277 e. The Balaban J connectivity index is 2.13. The van der Waals surface area contributed by atoms with Crippen molar-refractivity contribution in [3.63, 3.8) is 0 Å². The lowest BCUT2D eigenvalue weighted by Gasteiger charge is -2.22. The highest BCUT2D eigenvalue weighted by atomic mass is 16.6. The molecule has 3 rings (SSSR count). The van der Waals surface area contributed by atoms with Crippen molar-refractivity contribution in [3.8, 4) is 0 Å². The molecule has 1 atom stereocenters. The molecule has 5 nitrogen and oxygen atoms in total. The van der Waals surface area contributed by atoms with Gasteiger partial charge in [-0.05, 0) is 11.6 Å². The first kappa shape index (κ1) is 10.6. The van der Waals surface area contributed by atoms with Gasteiger partial charge in [-0.2, -0.15) is 0 Å². The molecule has 0 saturated carbocycles. The summed E-state index contributed by atoms with van der Waals surface area (Å²) in [6.07, 6.45) is 4.52. The second-order valence-corrected chi connectivity index (χ2v) is 4.09. The zero-order chi connectivity index (χ0) is 12.7. The molecule has 0 fully saturated rings. The normalized spacial score (nSPS) is 20.7. The highest BCUT2D eigenvalue weighted by molar-refractivity contribution is 6.16. The standard InChI is InChI=1S/C13H8N2O3/c16-13-11-4-2-1-3-9(11)10-6-5-8(15(17)18)7-12(10)14-13/h1-7,10H. The van der Waals surface area contributed by atoms with Crippen molar-refractivity contribution in [2.45, 2.75) is 5.92 Å². The van der Waals surface area contributed by atoms with Gasteiger partial charge in [-0.25, -0.2) is 4.99 Å². The molecule has 5 heteroatoms. The Bertz CT molecular complexity index is 656. The minimum Gasteiger partial charge on any atom is -0.267 e. The van der Waals surface area contributed by atoms with Gasteiger partial charge in [0.15, 0.2) is 0 Å². The fourth-order valence-electron chi connectivity index (χ4n) is 2.20. The van der Waals surface area contributed by atoms with Gasteiger partial charge < -0.3 is 0 Å². The van der Waals surface area contributed by atoms with Crippen molar-refractivity contribution < 1.29 is 9.72 Å². The third-order valence-corrected chi connectivity index (χ3v) is 3.04. The summed E-state index contributed by atoms with van der Waals surface area (Å²) in [5, 5.41) is 10.7. The Morgan fingerprint density at radius 1 is 1.28 bits per heavy atom. The molecule has 0 aromatic heterocycles. The third kappa shape index (κ3) is 1.48. The first-order valence-electron chi connectivity index (χ1n) is 5.43. The maximum atomic E-state index is 11.8. The fraction of sp³-hybridized carbons (Fsp3) is 0.0769. The lowest BCUT2D eigenvalue weighted by atomic mass is 9.84. The smallest absolute Gasteiger partial charge is 0.267 e. The predicted molar refractivity (Wildman–Crippen MR) is 65.2 cm³/mol. The number of rotatable bonds is 1. The Morgan fingerprint density at radius 2 is 2.06 bits per heavy atom. The van der Waals surface area contributed by atoms with Crippen LogP contribution in [0.15, 0.2) is 53.2 Å². The van der Waals surface area contributed by atoms with Gasteiger partial charge in [-0.1, -0.05) is 24.3 Å². The summed E-state index contributed by atoms with van der Waals surface area (Å²) in [4.78, 5) is 25.9. The van der Waals surface area contributed by atoms with Crippen molar-refractivity contribution >= 4 is 11.6 Å². The summed E-state index contributed by atoms with van der Waals surface area (Å²) in [7, 11) is 0. The van der Waals surface area contributed by atoms with Gasteiger partial charge in [0.25, 0.3) is 11.6 Å². The first-order chi connectivity index (χ1) is 8.66. The van der Waals surface area contributed by atoms with Crippen LogP contribution in [0.1, 0.15) is 21.8 Å². The molecule has 0 N–H and O–H groups in total. The number of hydrogen-bond donors (Lipinski definition) is 0. The molecule has 0 bridgehead atoms. The van der Waals surface area contributed by atoms with Crippen LogP contribution in [-0.4, -0.2) is 16.5 Å². The Hall–Kier alpha value is -2.56. The van der Waals surface area contributed by atoms with Crippen LogP contribution in [0.5, 0.6) is 0 Å². The zero-order valence-corrected chi connectivity index (χ0v) is 9.24. The molecular weight excluding hydrogens is 232 g/mol. The fourth-order valence-corrected chi connectivity index (χ4v) is 2.20. The van der Waals surface area contributed by atoms with Crippen LogP contribution in [0, 0.1) is 10.1 Å². The van der Waals surface area contributed by atoms with Gasteiger partial charge in [0.2, 0.25) is 0 Å². The van der Waals surface area contributed by atoms with Crippen molar-refractivity contribution in [3.05, 3.63) is 69.4 Å². The second-order valence-electron chi connectivity index (χ2n) is 4.09. The number of carbonyl (C=O) groups is 1. The molecule has 2 aliphatic rings. The SMILES string of the molecule is O=C1N=C2C=C([N+](=O)[O-])C=CC2c2ccccc21. The van der Waals surface area contributed by atoms with E-state index in [-0.39, 0.29) is 17.5 Å². The van der Waals surface area contributed by atoms with E-state index in [0.29, 0.717) is 11.3 Å². The lowest BCUT2D eigenvalue weighted by Crippen LogP contribution is -2.22. The molecule has 0 radical (unpaired) electrons. The molecule has 1 aliphatic heterocycles. The molecule has 1 aromatic rings. The topological polar surface area (TPSA) is 72.6 Å². The Kier molecular flexibility index (Phi) is 2.19. The molecule has 88 valence electrons. The molecular formula is C13H8N2O3. The number of carbonyl (C=O) groups excluding carboxylic acids is 1. The average Bonchev–Trinajstić information content (AvgIpc) is 2.38.